The van der Waals surface area contributed by atoms with Gasteiger partial charge in [-0.25, -0.2) is 0 Å². The number of fused-ring (bicyclic) bond motifs is 1. The highest BCUT2D eigenvalue weighted by molar-refractivity contribution is 5.81. The number of aliphatic hydroxyl groups is 1. The molecule has 0 aromatic heterocycles. The van der Waals surface area contributed by atoms with Crippen LogP contribution in [0.5, 0.6) is 0 Å². The number of methoxy groups -OCH3 is 1. The fraction of sp³-hybridized carbons (Fsp3) is 0.588. The van der Waals surface area contributed by atoms with Crippen LogP contribution in [0.3, 0.4) is 0 Å². The SMILES string of the molecule is COCC(O)c1ccc2c(c1)CN(C(=O)C(C)(C)C)CC2. The molecule has 0 saturated heterocycles. The van der Waals surface area contributed by atoms with Gasteiger partial charge in [0.1, 0.15) is 6.10 Å². The van der Waals surface area contributed by atoms with Gasteiger partial charge in [-0.05, 0) is 23.1 Å². The van der Waals surface area contributed by atoms with E-state index in [9.17, 15) is 9.90 Å². The molecule has 1 aromatic rings. The molecule has 0 saturated carbocycles. The van der Waals surface area contributed by atoms with Crippen molar-refractivity contribution in [2.45, 2.75) is 39.8 Å². The molecular formula is C17H25NO3. The van der Waals surface area contributed by atoms with Gasteiger partial charge in [-0.15, -0.1) is 0 Å². The summed E-state index contributed by atoms with van der Waals surface area (Å²) in [5, 5.41) is 10.0. The number of carbonyl (C=O) groups excluding carboxylic acids is 1. The molecule has 0 bridgehead atoms. The maximum Gasteiger partial charge on any atom is 0.228 e. The van der Waals surface area contributed by atoms with E-state index in [1.54, 1.807) is 7.11 Å². The zero-order valence-electron chi connectivity index (χ0n) is 13.3. The molecule has 116 valence electrons. The van der Waals surface area contributed by atoms with E-state index in [-0.39, 0.29) is 17.9 Å². The third-order valence-electron chi connectivity index (χ3n) is 3.88. The van der Waals surface area contributed by atoms with Crippen LogP contribution in [0.2, 0.25) is 0 Å². The molecule has 0 aliphatic carbocycles. The lowest BCUT2D eigenvalue weighted by Gasteiger charge is -2.34. The number of nitrogens with zero attached hydrogens (tertiary/aromatic N) is 1. The minimum Gasteiger partial charge on any atom is -0.386 e. The lowest BCUT2D eigenvalue weighted by molar-refractivity contribution is -0.140. The van der Waals surface area contributed by atoms with Crippen molar-refractivity contribution < 1.29 is 14.6 Å². The number of benzene rings is 1. The van der Waals surface area contributed by atoms with Crippen LogP contribution < -0.4 is 0 Å². The molecule has 1 aliphatic rings. The molecule has 0 fully saturated rings. The van der Waals surface area contributed by atoms with Crippen molar-refractivity contribution in [2.75, 3.05) is 20.3 Å². The summed E-state index contributed by atoms with van der Waals surface area (Å²) in [7, 11) is 1.57. The number of aliphatic hydroxyl groups excluding tert-OH is 1. The average Bonchev–Trinajstić information content (AvgIpc) is 2.44. The maximum absolute atomic E-state index is 12.4. The van der Waals surface area contributed by atoms with Gasteiger partial charge >= 0.3 is 0 Å². The van der Waals surface area contributed by atoms with Crippen molar-refractivity contribution >= 4 is 5.91 Å². The van der Waals surface area contributed by atoms with Crippen LogP contribution in [0.1, 0.15) is 43.6 Å². The van der Waals surface area contributed by atoms with Gasteiger partial charge in [0, 0.05) is 25.6 Å². The van der Waals surface area contributed by atoms with E-state index >= 15 is 0 Å². The predicted molar refractivity (Wildman–Crippen MR) is 81.9 cm³/mol. The fourth-order valence-electron chi connectivity index (χ4n) is 2.69. The van der Waals surface area contributed by atoms with Gasteiger partial charge in [0.2, 0.25) is 5.91 Å². The van der Waals surface area contributed by atoms with Gasteiger partial charge in [0.25, 0.3) is 0 Å². The van der Waals surface area contributed by atoms with Crippen LogP contribution in [0, 0.1) is 5.41 Å². The van der Waals surface area contributed by atoms with Gasteiger partial charge in [-0.2, -0.15) is 0 Å². The molecule has 1 heterocycles. The summed E-state index contributed by atoms with van der Waals surface area (Å²) in [6.07, 6.45) is 0.256. The first kappa shape index (κ1) is 16.0. The van der Waals surface area contributed by atoms with Crippen molar-refractivity contribution in [1.29, 1.82) is 0 Å². The molecule has 0 spiro atoms. The molecule has 4 heteroatoms. The Bertz CT molecular complexity index is 519. The van der Waals surface area contributed by atoms with Crippen LogP contribution in [0.25, 0.3) is 0 Å². The Kier molecular flexibility index (Phi) is 4.69. The number of amides is 1. The number of hydrogen-bond acceptors (Lipinski definition) is 3. The van der Waals surface area contributed by atoms with Crippen molar-refractivity contribution in [1.82, 2.24) is 4.90 Å². The Morgan fingerprint density at radius 1 is 1.38 bits per heavy atom. The van der Waals surface area contributed by atoms with Gasteiger partial charge in [-0.3, -0.25) is 4.79 Å². The molecule has 1 N–H and O–H groups in total. The lowest BCUT2D eigenvalue weighted by Crippen LogP contribution is -2.42. The first-order valence-corrected chi connectivity index (χ1v) is 7.41. The Labute approximate surface area is 126 Å². The molecule has 1 aromatic carbocycles. The first-order chi connectivity index (χ1) is 9.82. The van der Waals surface area contributed by atoms with Crippen LogP contribution in [0.4, 0.5) is 0 Å². The number of hydrogen-bond donors (Lipinski definition) is 1. The van der Waals surface area contributed by atoms with E-state index in [1.165, 1.54) is 5.56 Å². The molecular weight excluding hydrogens is 266 g/mol. The summed E-state index contributed by atoms with van der Waals surface area (Å²) in [5.74, 6) is 0.177. The summed E-state index contributed by atoms with van der Waals surface area (Å²) in [5.41, 5.74) is 2.89. The van der Waals surface area contributed by atoms with Crippen molar-refractivity contribution in [2.24, 2.45) is 5.41 Å². The maximum atomic E-state index is 12.4. The Hall–Kier alpha value is -1.39. The molecule has 4 nitrogen and oxygen atoms in total. The highest BCUT2D eigenvalue weighted by Gasteiger charge is 2.29. The summed E-state index contributed by atoms with van der Waals surface area (Å²) in [6, 6.07) is 6.01. The quantitative estimate of drug-likeness (QED) is 0.929. The number of ether oxygens (including phenoxy) is 1. The zero-order chi connectivity index (χ0) is 15.6. The highest BCUT2D eigenvalue weighted by Crippen LogP contribution is 2.26. The molecule has 1 atom stereocenters. The van der Waals surface area contributed by atoms with Crippen LogP contribution in [-0.4, -0.2) is 36.2 Å². The van der Waals surface area contributed by atoms with E-state index in [4.69, 9.17) is 4.74 Å². The second-order valence-corrected chi connectivity index (χ2v) is 6.73. The smallest absolute Gasteiger partial charge is 0.228 e. The second kappa shape index (κ2) is 6.16. The molecule has 2 rings (SSSR count). The molecule has 0 radical (unpaired) electrons. The summed E-state index contributed by atoms with van der Waals surface area (Å²) in [6.45, 7) is 7.52. The molecule has 1 unspecified atom stereocenters. The lowest BCUT2D eigenvalue weighted by atomic mass is 9.91. The van der Waals surface area contributed by atoms with Crippen molar-refractivity contribution in [3.05, 3.63) is 34.9 Å². The van der Waals surface area contributed by atoms with Gasteiger partial charge in [-0.1, -0.05) is 39.0 Å². The van der Waals surface area contributed by atoms with Crippen molar-refractivity contribution in [3.8, 4) is 0 Å². The zero-order valence-corrected chi connectivity index (χ0v) is 13.3. The average molecular weight is 291 g/mol. The van der Waals surface area contributed by atoms with Gasteiger partial charge in [0.15, 0.2) is 0 Å². The topological polar surface area (TPSA) is 49.8 Å². The minimum atomic E-state index is -0.617. The minimum absolute atomic E-state index is 0.177. The standard InChI is InChI=1S/C17H25NO3/c1-17(2,3)16(20)18-8-7-12-5-6-13(9-14(12)10-18)15(19)11-21-4/h5-6,9,15,19H,7-8,10-11H2,1-4H3. The van der Waals surface area contributed by atoms with E-state index < -0.39 is 6.10 Å². The Morgan fingerprint density at radius 3 is 2.71 bits per heavy atom. The highest BCUT2D eigenvalue weighted by atomic mass is 16.5. The monoisotopic (exact) mass is 291 g/mol. The van der Waals surface area contributed by atoms with Gasteiger partial charge in [0.05, 0.1) is 6.61 Å². The van der Waals surface area contributed by atoms with E-state index in [1.807, 2.05) is 37.8 Å². The number of carbonyl (C=O) groups is 1. The van der Waals surface area contributed by atoms with Crippen molar-refractivity contribution in [3.63, 3.8) is 0 Å². The van der Waals surface area contributed by atoms with E-state index in [0.717, 1.165) is 24.1 Å². The van der Waals surface area contributed by atoms with Crippen LogP contribution in [-0.2, 0) is 22.5 Å². The summed E-state index contributed by atoms with van der Waals surface area (Å²) < 4.78 is 4.99. The Balaban J connectivity index is 2.19. The van der Waals surface area contributed by atoms with E-state index in [0.29, 0.717) is 6.54 Å². The molecule has 1 amide bonds. The first-order valence-electron chi connectivity index (χ1n) is 7.41. The summed E-state index contributed by atoms with van der Waals surface area (Å²) >= 11 is 0. The second-order valence-electron chi connectivity index (χ2n) is 6.73. The summed E-state index contributed by atoms with van der Waals surface area (Å²) in [4.78, 5) is 14.3. The molecule has 21 heavy (non-hydrogen) atoms. The number of rotatable bonds is 3. The van der Waals surface area contributed by atoms with E-state index in [2.05, 4.69) is 6.07 Å². The third kappa shape index (κ3) is 3.63. The third-order valence-corrected chi connectivity index (χ3v) is 3.88. The predicted octanol–water partition coefficient (Wildman–Crippen LogP) is 2.30. The van der Waals surface area contributed by atoms with Crippen LogP contribution >= 0.6 is 0 Å². The van der Waals surface area contributed by atoms with Gasteiger partial charge < -0.3 is 14.7 Å². The van der Waals surface area contributed by atoms with Crippen LogP contribution in [0.15, 0.2) is 18.2 Å². The largest absolute Gasteiger partial charge is 0.386 e. The Morgan fingerprint density at radius 2 is 2.10 bits per heavy atom. The normalized spacial score (nSPS) is 16.5. The molecule has 1 aliphatic heterocycles. The fourth-order valence-corrected chi connectivity index (χ4v) is 2.69.